The minimum absolute atomic E-state index is 0. The molecule has 49 heavy (non-hydrogen) atoms. The number of para-hydroxylation sites is 1. The Morgan fingerprint density at radius 3 is 2.24 bits per heavy atom. The molecule has 0 aliphatic heterocycles. The van der Waals surface area contributed by atoms with Crippen molar-refractivity contribution < 1.29 is 37.1 Å². The van der Waals surface area contributed by atoms with E-state index in [9.17, 15) is 4.39 Å². The second kappa shape index (κ2) is 13.9. The third-order valence-electron chi connectivity index (χ3n) is 8.36. The minimum atomic E-state index is -2.62. The molecule has 0 amide bonds. The van der Waals surface area contributed by atoms with E-state index in [2.05, 4.69) is 79.3 Å². The van der Waals surface area contributed by atoms with E-state index in [0.717, 1.165) is 50.1 Å². The van der Waals surface area contributed by atoms with Gasteiger partial charge in [0.25, 0.3) is 0 Å². The number of benzene rings is 5. The van der Waals surface area contributed by atoms with E-state index in [1.54, 1.807) is 12.1 Å². The molecule has 3 nitrogen and oxygen atoms in total. The summed E-state index contributed by atoms with van der Waals surface area (Å²) >= 11 is 0. The van der Waals surface area contributed by atoms with Gasteiger partial charge in [0, 0.05) is 57.5 Å². The van der Waals surface area contributed by atoms with Gasteiger partial charge in [-0.1, -0.05) is 110 Å². The summed E-state index contributed by atoms with van der Waals surface area (Å²) in [6, 6.07) is 39.8. The number of aromatic nitrogens is 2. The molecule has 0 saturated carbocycles. The molecule has 8 rings (SSSR count). The Bertz CT molecular complexity index is 2630. The van der Waals surface area contributed by atoms with E-state index >= 15 is 0 Å². The molecule has 3 heterocycles. The zero-order valence-electron chi connectivity index (χ0n) is 33.1. The summed E-state index contributed by atoms with van der Waals surface area (Å²) in [6.45, 7) is 1.22. The van der Waals surface area contributed by atoms with E-state index in [0.29, 0.717) is 16.7 Å². The molecule has 0 unspecified atom stereocenters. The Labute approximate surface area is 308 Å². The van der Waals surface area contributed by atoms with Crippen LogP contribution in [0.4, 0.5) is 4.39 Å². The van der Waals surface area contributed by atoms with Gasteiger partial charge in [-0.25, -0.2) is 0 Å². The molecule has 0 fully saturated rings. The van der Waals surface area contributed by atoms with Crippen LogP contribution in [-0.4, -0.2) is 9.97 Å². The first-order valence-corrected chi connectivity index (χ1v) is 15.6. The van der Waals surface area contributed by atoms with Gasteiger partial charge in [-0.2, -0.15) is 0 Å². The Morgan fingerprint density at radius 2 is 1.51 bits per heavy atom. The van der Waals surface area contributed by atoms with Gasteiger partial charge in [-0.15, -0.1) is 48.0 Å². The van der Waals surface area contributed by atoms with Gasteiger partial charge >= 0.3 is 0 Å². The van der Waals surface area contributed by atoms with Gasteiger partial charge in [0.15, 0.2) is 0 Å². The van der Waals surface area contributed by atoms with Crippen molar-refractivity contribution in [3.05, 3.63) is 156 Å². The van der Waals surface area contributed by atoms with Crippen molar-refractivity contribution in [3.63, 3.8) is 0 Å². The predicted octanol–water partition coefficient (Wildman–Crippen LogP) is 11.9. The molecule has 0 aliphatic rings. The number of rotatable bonds is 3. The summed E-state index contributed by atoms with van der Waals surface area (Å²) in [5.41, 5.74) is 6.28. The van der Waals surface area contributed by atoms with Crippen molar-refractivity contribution >= 4 is 32.7 Å². The maximum Gasteiger partial charge on any atom is 0.128 e. The summed E-state index contributed by atoms with van der Waals surface area (Å²) < 4.78 is 66.2. The van der Waals surface area contributed by atoms with Crippen molar-refractivity contribution in [1.82, 2.24) is 9.97 Å². The Morgan fingerprint density at radius 1 is 0.714 bits per heavy atom. The fourth-order valence-corrected chi connectivity index (χ4v) is 5.69. The average Bonchev–Trinajstić information content (AvgIpc) is 3.53. The van der Waals surface area contributed by atoms with Crippen LogP contribution in [-0.2, 0) is 25.5 Å². The number of hydrogen-bond acceptors (Lipinski definition) is 3. The van der Waals surface area contributed by atoms with Crippen LogP contribution in [0.5, 0.6) is 0 Å². The topological polar surface area (TPSA) is 38.9 Å². The molecule has 245 valence electrons. The molecule has 5 aromatic carbocycles. The molecule has 0 bridgehead atoms. The van der Waals surface area contributed by atoms with E-state index in [4.69, 9.17) is 12.6 Å². The van der Waals surface area contributed by atoms with Crippen molar-refractivity contribution in [2.75, 3.05) is 0 Å². The third-order valence-corrected chi connectivity index (χ3v) is 8.36. The standard InChI is InChI=1S/C29H20NO.C15H15FN.Ir/c1-18-15-27(30-17-19(18)2)26-12-6-11-25-24-10-5-9-23(28(24)31-29(25)26)22-14-13-20-7-3-4-8-21(20)16-22;1-15(2,3)12-6-9-14(17-10-12)11-4-7-13(16)8-5-11;/h3-11,13-17H,1-2H3;4,6-10H,1-3H3;/q2*-1;/i1D3,2D3;;. The molecule has 8 aromatic rings. The summed E-state index contributed by atoms with van der Waals surface area (Å²) in [5.74, 6) is -0.278. The monoisotopic (exact) mass is 825 g/mol. The van der Waals surface area contributed by atoms with E-state index in [1.165, 1.54) is 23.8 Å². The largest absolute Gasteiger partial charge is 0.500 e. The van der Waals surface area contributed by atoms with Gasteiger partial charge < -0.3 is 14.4 Å². The van der Waals surface area contributed by atoms with E-state index in [-0.39, 0.29) is 48.2 Å². The van der Waals surface area contributed by atoms with Crippen molar-refractivity contribution in [2.45, 2.75) is 39.9 Å². The summed E-state index contributed by atoms with van der Waals surface area (Å²) in [7, 11) is 0. The zero-order chi connectivity index (χ0) is 38.4. The Balaban J connectivity index is 0.000000241. The number of aryl methyl sites for hydroxylation is 2. The number of halogens is 1. The number of fused-ring (bicyclic) bond motifs is 4. The molecule has 0 aliphatic carbocycles. The first-order chi connectivity index (χ1) is 25.6. The van der Waals surface area contributed by atoms with Gasteiger partial charge in [0.2, 0.25) is 0 Å². The Kier molecular flexibility index (Phi) is 7.63. The van der Waals surface area contributed by atoms with Crippen LogP contribution >= 0.6 is 0 Å². The molecule has 5 heteroatoms. The van der Waals surface area contributed by atoms with Gasteiger partial charge in [-0.3, -0.25) is 4.39 Å². The van der Waals surface area contributed by atoms with Crippen molar-refractivity contribution in [3.8, 4) is 33.6 Å². The quantitative estimate of drug-likeness (QED) is 0.167. The predicted molar refractivity (Wildman–Crippen MR) is 195 cm³/mol. The van der Waals surface area contributed by atoms with Crippen LogP contribution in [0.15, 0.2) is 126 Å². The third kappa shape index (κ3) is 6.96. The molecule has 0 atom stereocenters. The normalized spacial score (nSPS) is 13.6. The summed E-state index contributed by atoms with van der Waals surface area (Å²) in [5, 5.41) is 4.02. The molecule has 0 spiro atoms. The van der Waals surface area contributed by atoms with Crippen LogP contribution < -0.4 is 0 Å². The number of furan rings is 1. The number of hydrogen-bond donors (Lipinski definition) is 0. The van der Waals surface area contributed by atoms with Crippen molar-refractivity contribution in [1.29, 1.82) is 0 Å². The van der Waals surface area contributed by atoms with Gasteiger partial charge in [0.05, 0.1) is 5.58 Å². The number of nitrogens with zero attached hydrogens (tertiary/aromatic N) is 2. The maximum atomic E-state index is 12.8. The second-order valence-corrected chi connectivity index (χ2v) is 12.7. The molecule has 3 aromatic heterocycles. The Hall–Kier alpha value is -4.96. The molecule has 1 radical (unpaired) electrons. The van der Waals surface area contributed by atoms with Crippen molar-refractivity contribution in [2.24, 2.45) is 0 Å². The molecular weight excluding hydrogens is 784 g/mol. The summed E-state index contributed by atoms with van der Waals surface area (Å²) in [6.07, 6.45) is 2.99. The first kappa shape index (κ1) is 26.9. The molecular formula is C44H35FIrN2O-2. The maximum absolute atomic E-state index is 12.8. The van der Waals surface area contributed by atoms with E-state index in [1.807, 2.05) is 48.7 Å². The SMILES string of the molecule is CC(C)(C)c1ccc(-c2[c-]cc(F)cc2)nc1.[2H]C([2H])([2H])c1cnc(-c2[c-]ccc3c2oc2c(-c4ccc5ccccc5c4)cccc23)cc1C([2H])([2H])[2H].[Ir]. The second-order valence-electron chi connectivity index (χ2n) is 12.7. The first-order valence-electron chi connectivity index (χ1n) is 18.6. The van der Waals surface area contributed by atoms with Crippen LogP contribution in [0.2, 0.25) is 0 Å². The fraction of sp³-hybridized carbons (Fsp3) is 0.136. The van der Waals surface area contributed by atoms with Gasteiger partial charge in [-0.05, 0) is 64.0 Å². The molecule has 0 saturated heterocycles. The fourth-order valence-electron chi connectivity index (χ4n) is 5.69. The molecule has 0 N–H and O–H groups in total. The minimum Gasteiger partial charge on any atom is -0.500 e. The average molecular weight is 825 g/mol. The van der Waals surface area contributed by atoms with Crippen LogP contribution in [0.25, 0.3) is 66.4 Å². The van der Waals surface area contributed by atoms with E-state index < -0.39 is 13.7 Å². The summed E-state index contributed by atoms with van der Waals surface area (Å²) in [4.78, 5) is 8.71. The van der Waals surface area contributed by atoms with Crippen LogP contribution in [0.1, 0.15) is 45.7 Å². The zero-order valence-corrected chi connectivity index (χ0v) is 29.5. The van der Waals surface area contributed by atoms with Gasteiger partial charge in [0.1, 0.15) is 5.58 Å². The number of pyridine rings is 2. The van der Waals surface area contributed by atoms with Crippen LogP contribution in [0, 0.1) is 31.7 Å². The smallest absolute Gasteiger partial charge is 0.128 e. The van der Waals surface area contributed by atoms with Crippen LogP contribution in [0.3, 0.4) is 0 Å².